The minimum Gasteiger partial charge on any atom is -0.357 e. The number of hydrogen-bond donors (Lipinski definition) is 1. The highest BCUT2D eigenvalue weighted by atomic mass is 32.2. The summed E-state index contributed by atoms with van der Waals surface area (Å²) in [5.41, 5.74) is -7.17. The maximum Gasteiger partial charge on any atom is 0.430 e. The minimum atomic E-state index is -6.07. The van der Waals surface area contributed by atoms with Crippen molar-refractivity contribution < 1.29 is 48.3 Å². The van der Waals surface area contributed by atoms with E-state index in [1.165, 1.54) is 0 Å². The lowest BCUT2D eigenvalue weighted by atomic mass is 9.88. The first kappa shape index (κ1) is 25.4. The van der Waals surface area contributed by atoms with E-state index in [1.807, 2.05) is 0 Å². The van der Waals surface area contributed by atoms with Crippen LogP contribution in [0.2, 0.25) is 0 Å². The largest absolute Gasteiger partial charge is 0.430 e. The molecule has 1 aliphatic heterocycles. The average Bonchev–Trinajstić information content (AvgIpc) is 3.20. The van der Waals surface area contributed by atoms with E-state index in [-0.39, 0.29) is 43.1 Å². The van der Waals surface area contributed by atoms with E-state index < -0.39 is 49.7 Å². The molecule has 0 saturated carbocycles. The van der Waals surface area contributed by atoms with Crippen LogP contribution in [0.4, 0.5) is 35.1 Å². The molecule has 33 heavy (non-hydrogen) atoms. The van der Waals surface area contributed by atoms with Crippen LogP contribution in [0.25, 0.3) is 0 Å². The monoisotopic (exact) mass is 503 g/mol. The zero-order chi connectivity index (χ0) is 24.9. The van der Waals surface area contributed by atoms with Gasteiger partial charge in [0.05, 0.1) is 4.90 Å². The molecule has 2 aromatic carbocycles. The number of nitrogens with one attached hydrogen (secondary N) is 1. The van der Waals surface area contributed by atoms with Crippen molar-refractivity contribution in [2.75, 3.05) is 20.2 Å². The molecular formula is C20H17F8NO3S. The third-order valence-corrected chi connectivity index (χ3v) is 8.24. The standard InChI is InChI=1S/C20H17F8NO3S/c1-32-18(19(23,24)25,20(26,27)28)15-7-2-12(10-16(15)22)17(8-9-29-11-17)33(30,31)14-5-3-13(21)4-6-14/h2-7,10,29H,8-9,11H2,1H3/t17-/m0/s1. The van der Waals surface area contributed by atoms with Gasteiger partial charge in [-0.05, 0) is 48.9 Å². The Morgan fingerprint density at radius 2 is 1.52 bits per heavy atom. The Kier molecular flexibility index (Phi) is 6.31. The second-order valence-electron chi connectivity index (χ2n) is 7.45. The lowest BCUT2D eigenvalue weighted by Crippen LogP contribution is -2.56. The van der Waals surface area contributed by atoms with E-state index in [9.17, 15) is 43.5 Å². The van der Waals surface area contributed by atoms with E-state index in [0.29, 0.717) is 12.1 Å². The molecule has 0 spiro atoms. The van der Waals surface area contributed by atoms with Crippen molar-refractivity contribution in [1.29, 1.82) is 0 Å². The Morgan fingerprint density at radius 1 is 0.939 bits per heavy atom. The van der Waals surface area contributed by atoms with E-state index in [2.05, 4.69) is 10.1 Å². The van der Waals surface area contributed by atoms with Crippen molar-refractivity contribution in [3.05, 3.63) is 65.2 Å². The summed E-state index contributed by atoms with van der Waals surface area (Å²) in [5.74, 6) is -2.66. The predicted molar refractivity (Wildman–Crippen MR) is 99.9 cm³/mol. The molecule has 1 atom stereocenters. The molecule has 0 radical (unpaired) electrons. The Hall–Kier alpha value is -2.25. The first-order valence-electron chi connectivity index (χ1n) is 9.34. The van der Waals surface area contributed by atoms with E-state index >= 15 is 0 Å². The van der Waals surface area contributed by atoms with Crippen LogP contribution >= 0.6 is 0 Å². The third-order valence-electron chi connectivity index (χ3n) is 5.73. The van der Waals surface area contributed by atoms with Crippen molar-refractivity contribution in [3.8, 4) is 0 Å². The number of methoxy groups -OCH3 is 1. The van der Waals surface area contributed by atoms with Gasteiger partial charge in [-0.3, -0.25) is 0 Å². The van der Waals surface area contributed by atoms with Gasteiger partial charge in [0.15, 0.2) is 9.84 Å². The Morgan fingerprint density at radius 3 is 1.94 bits per heavy atom. The van der Waals surface area contributed by atoms with Crippen molar-refractivity contribution in [3.63, 3.8) is 0 Å². The lowest BCUT2D eigenvalue weighted by Gasteiger charge is -2.37. The van der Waals surface area contributed by atoms with Gasteiger partial charge in [0.2, 0.25) is 0 Å². The Balaban J connectivity index is 2.21. The van der Waals surface area contributed by atoms with E-state index in [0.717, 1.165) is 24.3 Å². The third kappa shape index (κ3) is 3.79. The number of benzene rings is 2. The van der Waals surface area contributed by atoms with Crippen LogP contribution in [-0.2, 0) is 24.9 Å². The fourth-order valence-corrected chi connectivity index (χ4v) is 6.08. The summed E-state index contributed by atoms with van der Waals surface area (Å²) < 4.78 is 138. The van der Waals surface area contributed by atoms with Gasteiger partial charge in [0.25, 0.3) is 5.60 Å². The molecular weight excluding hydrogens is 486 g/mol. The summed E-state index contributed by atoms with van der Waals surface area (Å²) in [7, 11) is -4.22. The number of rotatable bonds is 5. The average molecular weight is 503 g/mol. The summed E-state index contributed by atoms with van der Waals surface area (Å²) >= 11 is 0. The molecule has 182 valence electrons. The van der Waals surface area contributed by atoms with Gasteiger partial charge in [0.1, 0.15) is 16.4 Å². The van der Waals surface area contributed by atoms with Crippen LogP contribution < -0.4 is 5.32 Å². The van der Waals surface area contributed by atoms with Crippen molar-refractivity contribution in [2.24, 2.45) is 0 Å². The quantitative estimate of drug-likeness (QED) is 0.479. The molecule has 2 aromatic rings. The molecule has 0 amide bonds. The SMILES string of the molecule is COC(c1ccc([C@]2(S(=O)(=O)c3ccc(F)cc3)CCNC2)cc1F)(C(F)(F)F)C(F)(F)F. The molecule has 0 unspecified atom stereocenters. The van der Waals surface area contributed by atoms with Crippen LogP contribution in [-0.4, -0.2) is 41.0 Å². The topological polar surface area (TPSA) is 55.4 Å². The van der Waals surface area contributed by atoms with Gasteiger partial charge < -0.3 is 10.1 Å². The molecule has 0 aromatic heterocycles. The van der Waals surface area contributed by atoms with Crippen LogP contribution in [0.3, 0.4) is 0 Å². The molecule has 3 rings (SSSR count). The molecule has 1 heterocycles. The van der Waals surface area contributed by atoms with Crippen LogP contribution in [0.5, 0.6) is 0 Å². The van der Waals surface area contributed by atoms with Gasteiger partial charge in [-0.2, -0.15) is 26.3 Å². The minimum absolute atomic E-state index is 0.122. The molecule has 0 aliphatic carbocycles. The summed E-state index contributed by atoms with van der Waals surface area (Å²) in [5, 5.41) is 2.76. The van der Waals surface area contributed by atoms with Crippen molar-refractivity contribution in [1.82, 2.24) is 5.32 Å². The van der Waals surface area contributed by atoms with E-state index in [1.54, 1.807) is 0 Å². The molecule has 4 nitrogen and oxygen atoms in total. The first-order chi connectivity index (χ1) is 15.1. The fourth-order valence-electron chi connectivity index (χ4n) is 4.03. The normalized spacial score (nSPS) is 20.3. The van der Waals surface area contributed by atoms with Gasteiger partial charge in [-0.15, -0.1) is 0 Å². The summed E-state index contributed by atoms with van der Waals surface area (Å²) in [6.07, 6.45) is -12.3. The zero-order valence-corrected chi connectivity index (χ0v) is 17.6. The Bertz CT molecular complexity index is 1110. The van der Waals surface area contributed by atoms with E-state index in [4.69, 9.17) is 0 Å². The zero-order valence-electron chi connectivity index (χ0n) is 16.8. The highest BCUT2D eigenvalue weighted by molar-refractivity contribution is 7.92. The molecule has 1 N–H and O–H groups in total. The molecule has 0 bridgehead atoms. The highest BCUT2D eigenvalue weighted by Gasteiger charge is 2.74. The van der Waals surface area contributed by atoms with Crippen LogP contribution in [0, 0.1) is 11.6 Å². The number of sulfone groups is 1. The predicted octanol–water partition coefficient (Wildman–Crippen LogP) is 4.59. The lowest BCUT2D eigenvalue weighted by molar-refractivity contribution is -0.384. The Labute approximate surface area is 183 Å². The number of ether oxygens (including phenoxy) is 1. The van der Waals surface area contributed by atoms with Crippen molar-refractivity contribution >= 4 is 9.84 Å². The second kappa shape index (κ2) is 8.20. The number of alkyl halides is 6. The molecule has 1 fully saturated rings. The molecule has 13 heteroatoms. The summed E-state index contributed by atoms with van der Waals surface area (Å²) in [4.78, 5) is -0.339. The number of halogens is 8. The van der Waals surface area contributed by atoms with Gasteiger partial charge in [-0.1, -0.05) is 12.1 Å². The second-order valence-corrected chi connectivity index (χ2v) is 9.71. The molecule has 1 aliphatic rings. The maximum atomic E-state index is 14.9. The van der Waals surface area contributed by atoms with Crippen molar-refractivity contribution in [2.45, 2.75) is 34.0 Å². The fraction of sp³-hybridized carbons (Fsp3) is 0.400. The van der Waals surface area contributed by atoms with Crippen LogP contribution in [0.1, 0.15) is 17.5 Å². The van der Waals surface area contributed by atoms with Gasteiger partial charge in [-0.25, -0.2) is 17.2 Å². The van der Waals surface area contributed by atoms with Crippen LogP contribution in [0.15, 0.2) is 47.4 Å². The summed E-state index contributed by atoms with van der Waals surface area (Å²) in [6, 6.07) is 4.98. The van der Waals surface area contributed by atoms with Gasteiger partial charge in [0, 0.05) is 19.2 Å². The first-order valence-corrected chi connectivity index (χ1v) is 10.8. The molecule has 1 saturated heterocycles. The maximum absolute atomic E-state index is 14.9. The smallest absolute Gasteiger partial charge is 0.357 e. The highest BCUT2D eigenvalue weighted by Crippen LogP contribution is 2.53. The van der Waals surface area contributed by atoms with Gasteiger partial charge >= 0.3 is 12.4 Å². The number of hydrogen-bond acceptors (Lipinski definition) is 4. The summed E-state index contributed by atoms with van der Waals surface area (Å²) in [6.45, 7) is -0.170.